The number of nitrogens with one attached hydrogen (secondary N) is 1. The van der Waals surface area contributed by atoms with E-state index >= 15 is 0 Å². The molecule has 0 aliphatic carbocycles. The smallest absolute Gasteiger partial charge is 0.222 e. The first-order valence-corrected chi connectivity index (χ1v) is 35.3. The highest BCUT2D eigenvalue weighted by atomic mass is 16.3. The van der Waals surface area contributed by atoms with Gasteiger partial charge in [-0.1, -0.05) is 399 Å². The summed E-state index contributed by atoms with van der Waals surface area (Å²) in [6, 6.07) is -0.656. The summed E-state index contributed by atoms with van der Waals surface area (Å²) in [5.41, 5.74) is 0. The molecule has 0 aromatic rings. The minimum Gasteiger partial charge on any atom is -0.394 e. The molecular weight excluding hydrogens is 919 g/mol. The molecule has 0 aromatic carbocycles. The first-order valence-electron chi connectivity index (χ1n) is 35.3. The number of aliphatic hydroxyl groups excluding tert-OH is 3. The van der Waals surface area contributed by atoms with Crippen molar-refractivity contribution in [2.45, 2.75) is 437 Å². The fourth-order valence-electron chi connectivity index (χ4n) is 11.8. The predicted octanol–water partition coefficient (Wildman–Crippen LogP) is 22.8. The number of carbonyl (C=O) groups is 1. The summed E-state index contributed by atoms with van der Waals surface area (Å²) in [5.74, 6) is -0.272. The van der Waals surface area contributed by atoms with Gasteiger partial charge in [0, 0.05) is 0 Å². The Labute approximate surface area is 472 Å². The van der Waals surface area contributed by atoms with Crippen molar-refractivity contribution in [3.63, 3.8) is 0 Å². The van der Waals surface area contributed by atoms with Gasteiger partial charge in [0.1, 0.15) is 0 Å². The van der Waals surface area contributed by atoms with E-state index in [1.165, 1.54) is 360 Å². The van der Waals surface area contributed by atoms with E-state index in [1.807, 2.05) is 0 Å². The Morgan fingerprint density at radius 1 is 0.280 bits per heavy atom. The number of hydrogen-bond acceptors (Lipinski definition) is 4. The van der Waals surface area contributed by atoms with Crippen molar-refractivity contribution in [1.29, 1.82) is 0 Å². The predicted molar refractivity (Wildman–Crippen MR) is 333 cm³/mol. The first-order chi connectivity index (χ1) is 37.0. The number of aliphatic hydroxyl groups is 3. The van der Waals surface area contributed by atoms with Crippen molar-refractivity contribution in [3.8, 4) is 0 Å². The average molecular weight is 1060 g/mol. The van der Waals surface area contributed by atoms with E-state index in [9.17, 15) is 20.1 Å². The van der Waals surface area contributed by atoms with Crippen LogP contribution < -0.4 is 5.32 Å². The van der Waals surface area contributed by atoms with E-state index in [4.69, 9.17) is 0 Å². The molecule has 0 bridgehead atoms. The lowest BCUT2D eigenvalue weighted by Gasteiger charge is -2.23. The van der Waals surface area contributed by atoms with Gasteiger partial charge in [-0.3, -0.25) is 4.79 Å². The van der Waals surface area contributed by atoms with Crippen LogP contribution in [0, 0.1) is 0 Å². The Bertz CT molecular complexity index is 1040. The molecule has 0 spiro atoms. The van der Waals surface area contributed by atoms with Gasteiger partial charge in [-0.25, -0.2) is 0 Å². The maximum Gasteiger partial charge on any atom is 0.222 e. The van der Waals surface area contributed by atoms with Crippen LogP contribution in [0.5, 0.6) is 0 Å². The van der Waals surface area contributed by atoms with Crippen molar-refractivity contribution >= 4 is 5.91 Å². The third-order valence-electron chi connectivity index (χ3n) is 17.2. The van der Waals surface area contributed by atoms with E-state index in [2.05, 4.69) is 19.2 Å². The molecule has 1 amide bonds. The molecule has 0 fully saturated rings. The summed E-state index contributed by atoms with van der Waals surface area (Å²) < 4.78 is 0. The summed E-state index contributed by atoms with van der Waals surface area (Å²) in [7, 11) is 0. The summed E-state index contributed by atoms with van der Waals surface area (Å²) in [6.07, 6.45) is 83.3. The van der Waals surface area contributed by atoms with Crippen LogP contribution in [0.25, 0.3) is 0 Å². The fraction of sp³-hybridized carbons (Fsp3) is 0.986. The molecule has 450 valence electrons. The zero-order chi connectivity index (χ0) is 54.3. The SMILES string of the molecule is CCCCCCCCCCCCCCCCCCCCCCCCCCCCCCCCCCCCCC(O)CC(=O)NC(CO)C(O)CCCCCCCCCCCCCCCCCCCCCCCCCCC. The molecule has 0 rings (SSSR count). The number of hydrogen-bond donors (Lipinski definition) is 4. The van der Waals surface area contributed by atoms with Gasteiger partial charge in [-0.05, 0) is 12.8 Å². The van der Waals surface area contributed by atoms with Crippen LogP contribution in [-0.4, -0.2) is 46.1 Å². The normalized spacial score (nSPS) is 13.0. The molecule has 5 nitrogen and oxygen atoms in total. The Morgan fingerprint density at radius 2 is 0.453 bits per heavy atom. The molecule has 0 heterocycles. The van der Waals surface area contributed by atoms with E-state index in [-0.39, 0.29) is 18.9 Å². The second kappa shape index (κ2) is 65.9. The molecule has 75 heavy (non-hydrogen) atoms. The van der Waals surface area contributed by atoms with E-state index in [0.29, 0.717) is 12.8 Å². The van der Waals surface area contributed by atoms with Gasteiger partial charge < -0.3 is 20.6 Å². The number of unbranched alkanes of at least 4 members (excludes halogenated alkanes) is 58. The molecule has 4 N–H and O–H groups in total. The molecule has 0 aromatic heterocycles. The minimum absolute atomic E-state index is 0.0440. The van der Waals surface area contributed by atoms with Crippen LogP contribution in [0.4, 0.5) is 0 Å². The molecular formula is C70H141NO4. The van der Waals surface area contributed by atoms with Gasteiger partial charge in [0.05, 0.1) is 31.3 Å². The van der Waals surface area contributed by atoms with Gasteiger partial charge in [-0.15, -0.1) is 0 Å². The molecule has 3 unspecified atom stereocenters. The van der Waals surface area contributed by atoms with Gasteiger partial charge in [0.15, 0.2) is 0 Å². The second-order valence-corrected chi connectivity index (χ2v) is 24.9. The van der Waals surface area contributed by atoms with Crippen molar-refractivity contribution in [3.05, 3.63) is 0 Å². The Balaban J connectivity index is 3.41. The van der Waals surface area contributed by atoms with Gasteiger partial charge in [-0.2, -0.15) is 0 Å². The van der Waals surface area contributed by atoms with Crippen LogP contribution in [0.1, 0.15) is 418 Å². The lowest BCUT2D eigenvalue weighted by atomic mass is 10.0. The molecule has 0 radical (unpaired) electrons. The third kappa shape index (κ3) is 62.4. The number of carbonyl (C=O) groups excluding carboxylic acids is 1. The summed E-state index contributed by atoms with van der Waals surface area (Å²) >= 11 is 0. The van der Waals surface area contributed by atoms with E-state index < -0.39 is 18.2 Å². The van der Waals surface area contributed by atoms with Crippen LogP contribution in [0.2, 0.25) is 0 Å². The quantitative estimate of drug-likeness (QED) is 0.0457. The highest BCUT2D eigenvalue weighted by Gasteiger charge is 2.21. The maximum absolute atomic E-state index is 12.6. The minimum atomic E-state index is -0.747. The Hall–Kier alpha value is -0.650. The molecule has 0 aliphatic heterocycles. The standard InChI is InChI=1S/C70H141NO4/c1-3-5-7-9-11-13-15-17-19-21-23-25-27-29-30-31-32-33-34-35-36-37-38-40-41-43-45-47-49-51-53-55-57-59-61-63-67(73)65-70(75)71-68(66-72)69(74)64-62-60-58-56-54-52-50-48-46-44-42-39-28-26-24-22-20-18-16-14-12-10-8-6-4-2/h67-69,72-74H,3-66H2,1-2H3,(H,71,75). The molecule has 0 saturated heterocycles. The van der Waals surface area contributed by atoms with E-state index in [0.717, 1.165) is 25.7 Å². The molecule has 0 saturated carbocycles. The summed E-state index contributed by atoms with van der Waals surface area (Å²) in [5, 5.41) is 33.8. The fourth-order valence-corrected chi connectivity index (χ4v) is 11.8. The summed E-state index contributed by atoms with van der Waals surface area (Å²) in [6.45, 7) is 4.33. The second-order valence-electron chi connectivity index (χ2n) is 24.9. The highest BCUT2D eigenvalue weighted by Crippen LogP contribution is 2.20. The molecule has 5 heteroatoms. The van der Waals surface area contributed by atoms with Crippen molar-refractivity contribution < 1.29 is 20.1 Å². The average Bonchev–Trinajstić information content (AvgIpc) is 3.41. The Morgan fingerprint density at radius 3 is 0.640 bits per heavy atom. The monoisotopic (exact) mass is 1060 g/mol. The summed E-state index contributed by atoms with van der Waals surface area (Å²) in [4.78, 5) is 12.6. The van der Waals surface area contributed by atoms with Crippen LogP contribution in [0.15, 0.2) is 0 Å². The van der Waals surface area contributed by atoms with Gasteiger partial charge in [0.25, 0.3) is 0 Å². The van der Waals surface area contributed by atoms with Crippen molar-refractivity contribution in [1.82, 2.24) is 5.32 Å². The zero-order valence-electron chi connectivity index (χ0n) is 51.7. The highest BCUT2D eigenvalue weighted by molar-refractivity contribution is 5.76. The van der Waals surface area contributed by atoms with Crippen LogP contribution in [0.3, 0.4) is 0 Å². The Kier molecular flexibility index (Phi) is 65.3. The zero-order valence-corrected chi connectivity index (χ0v) is 51.7. The molecule has 3 atom stereocenters. The van der Waals surface area contributed by atoms with Crippen LogP contribution in [-0.2, 0) is 4.79 Å². The number of amides is 1. The third-order valence-corrected chi connectivity index (χ3v) is 17.2. The van der Waals surface area contributed by atoms with Gasteiger partial charge in [0.2, 0.25) is 5.91 Å². The topological polar surface area (TPSA) is 89.8 Å². The molecule has 0 aliphatic rings. The van der Waals surface area contributed by atoms with Crippen LogP contribution >= 0.6 is 0 Å². The first kappa shape index (κ1) is 74.3. The van der Waals surface area contributed by atoms with Crippen molar-refractivity contribution in [2.24, 2.45) is 0 Å². The lowest BCUT2D eigenvalue weighted by Crippen LogP contribution is -2.46. The largest absolute Gasteiger partial charge is 0.394 e. The lowest BCUT2D eigenvalue weighted by molar-refractivity contribution is -0.125. The number of rotatable bonds is 67. The van der Waals surface area contributed by atoms with Crippen molar-refractivity contribution in [2.75, 3.05) is 6.61 Å². The maximum atomic E-state index is 12.6. The van der Waals surface area contributed by atoms with E-state index in [1.54, 1.807) is 0 Å². The van der Waals surface area contributed by atoms with Gasteiger partial charge >= 0.3 is 0 Å².